The normalized spacial score (nSPS) is 14.5. The summed E-state index contributed by atoms with van der Waals surface area (Å²) in [4.78, 5) is 12.3. The van der Waals surface area contributed by atoms with Crippen LogP contribution in [0.3, 0.4) is 0 Å². The van der Waals surface area contributed by atoms with Gasteiger partial charge in [0.2, 0.25) is 0 Å². The van der Waals surface area contributed by atoms with Gasteiger partial charge < -0.3 is 4.90 Å². The van der Waals surface area contributed by atoms with Crippen molar-refractivity contribution in [2.75, 3.05) is 18.0 Å². The lowest BCUT2D eigenvalue weighted by molar-refractivity contribution is 0.573. The molecule has 3 aromatic rings. The zero-order valence-electron chi connectivity index (χ0n) is 15.6. The van der Waals surface area contributed by atoms with E-state index < -0.39 is 0 Å². The number of aromatic nitrogens is 2. The molecule has 2 aromatic carbocycles. The molecule has 4 rings (SSSR count). The molecule has 1 fully saturated rings. The summed E-state index contributed by atoms with van der Waals surface area (Å²) in [7, 11) is 0. The lowest BCUT2D eigenvalue weighted by atomic mass is 10.0. The zero-order chi connectivity index (χ0) is 17.9. The van der Waals surface area contributed by atoms with Gasteiger partial charge in [-0.3, -0.25) is 4.98 Å². The first-order valence-electron chi connectivity index (χ1n) is 9.47. The van der Waals surface area contributed by atoms with E-state index in [1.807, 2.05) is 6.20 Å². The minimum absolute atomic E-state index is 0.953. The molecule has 1 aromatic heterocycles. The van der Waals surface area contributed by atoms with Crippen LogP contribution in [0.1, 0.15) is 30.4 Å². The number of hydrogen-bond acceptors (Lipinski definition) is 3. The summed E-state index contributed by atoms with van der Waals surface area (Å²) < 4.78 is 0. The molecule has 2 heterocycles. The second-order valence-corrected chi connectivity index (χ2v) is 7.21. The van der Waals surface area contributed by atoms with E-state index in [4.69, 9.17) is 9.97 Å². The van der Waals surface area contributed by atoms with Gasteiger partial charge in [0.15, 0.2) is 0 Å². The molecule has 0 aliphatic carbocycles. The van der Waals surface area contributed by atoms with Gasteiger partial charge in [-0.25, -0.2) is 4.98 Å². The highest BCUT2D eigenvalue weighted by molar-refractivity contribution is 5.79. The van der Waals surface area contributed by atoms with Crippen molar-refractivity contribution in [2.45, 2.75) is 33.1 Å². The Balaban J connectivity index is 1.82. The summed E-state index contributed by atoms with van der Waals surface area (Å²) >= 11 is 0. The molecule has 0 amide bonds. The Morgan fingerprint density at radius 2 is 1.23 bits per heavy atom. The van der Waals surface area contributed by atoms with Gasteiger partial charge in [-0.15, -0.1) is 0 Å². The molecular weight excluding hydrogens is 318 g/mol. The van der Waals surface area contributed by atoms with E-state index in [-0.39, 0.29) is 0 Å². The van der Waals surface area contributed by atoms with Gasteiger partial charge in [-0.05, 0) is 33.1 Å². The second-order valence-electron chi connectivity index (χ2n) is 7.21. The number of hydrogen-bond donors (Lipinski definition) is 0. The molecule has 0 saturated carbocycles. The summed E-state index contributed by atoms with van der Waals surface area (Å²) in [6.45, 7) is 6.37. The van der Waals surface area contributed by atoms with E-state index >= 15 is 0 Å². The van der Waals surface area contributed by atoms with E-state index in [2.05, 4.69) is 67.3 Å². The molecule has 3 nitrogen and oxygen atoms in total. The van der Waals surface area contributed by atoms with Crippen LogP contribution in [-0.4, -0.2) is 23.1 Å². The Kier molecular flexibility index (Phi) is 4.70. The van der Waals surface area contributed by atoms with Crippen molar-refractivity contribution < 1.29 is 0 Å². The van der Waals surface area contributed by atoms with Crippen LogP contribution >= 0.6 is 0 Å². The van der Waals surface area contributed by atoms with Gasteiger partial charge in [-0.2, -0.15) is 0 Å². The lowest BCUT2D eigenvalue weighted by Gasteiger charge is -2.28. The predicted molar refractivity (Wildman–Crippen MR) is 108 cm³/mol. The van der Waals surface area contributed by atoms with E-state index in [1.54, 1.807) is 0 Å². The average Bonchev–Trinajstić information content (AvgIpc) is 2.70. The fourth-order valence-electron chi connectivity index (χ4n) is 3.49. The van der Waals surface area contributed by atoms with Crippen LogP contribution < -0.4 is 4.90 Å². The van der Waals surface area contributed by atoms with Gasteiger partial charge >= 0.3 is 0 Å². The van der Waals surface area contributed by atoms with Crippen LogP contribution in [0.25, 0.3) is 22.5 Å². The van der Waals surface area contributed by atoms with Gasteiger partial charge in [-0.1, -0.05) is 59.7 Å². The fraction of sp³-hybridized carbons (Fsp3) is 0.304. The van der Waals surface area contributed by atoms with E-state index in [9.17, 15) is 0 Å². The fourth-order valence-corrected chi connectivity index (χ4v) is 3.49. The minimum atomic E-state index is 0.953. The molecule has 0 radical (unpaired) electrons. The third-order valence-electron chi connectivity index (χ3n) is 5.09. The molecule has 0 spiro atoms. The van der Waals surface area contributed by atoms with Crippen LogP contribution in [0, 0.1) is 13.8 Å². The predicted octanol–water partition coefficient (Wildman–Crippen LogP) is 5.42. The number of nitrogens with zero attached hydrogens (tertiary/aromatic N) is 3. The quantitative estimate of drug-likeness (QED) is 0.636. The van der Waals surface area contributed by atoms with Crippen molar-refractivity contribution >= 4 is 5.82 Å². The molecular formula is C23H25N3. The summed E-state index contributed by atoms with van der Waals surface area (Å²) in [5.41, 5.74) is 6.67. The van der Waals surface area contributed by atoms with Crippen molar-refractivity contribution in [1.29, 1.82) is 0 Å². The molecule has 0 unspecified atom stereocenters. The van der Waals surface area contributed by atoms with Gasteiger partial charge in [0.25, 0.3) is 0 Å². The number of anilines is 1. The smallest absolute Gasteiger partial charge is 0.147 e. The van der Waals surface area contributed by atoms with Crippen molar-refractivity contribution in [2.24, 2.45) is 0 Å². The highest BCUT2D eigenvalue weighted by Crippen LogP contribution is 2.31. The summed E-state index contributed by atoms with van der Waals surface area (Å²) in [6.07, 6.45) is 5.73. The Hall–Kier alpha value is -2.68. The Bertz CT molecular complexity index is 876. The summed E-state index contributed by atoms with van der Waals surface area (Å²) in [5, 5.41) is 0. The maximum absolute atomic E-state index is 5.06. The van der Waals surface area contributed by atoms with Crippen LogP contribution in [0.2, 0.25) is 0 Å². The molecule has 3 heteroatoms. The highest BCUT2D eigenvalue weighted by Gasteiger charge is 2.17. The first-order valence-corrected chi connectivity index (χ1v) is 9.47. The second kappa shape index (κ2) is 7.28. The molecule has 132 valence electrons. The van der Waals surface area contributed by atoms with Crippen molar-refractivity contribution in [3.8, 4) is 22.5 Å². The van der Waals surface area contributed by atoms with E-state index in [0.717, 1.165) is 41.4 Å². The molecule has 0 atom stereocenters. The number of piperidine rings is 1. The summed E-state index contributed by atoms with van der Waals surface area (Å²) in [5.74, 6) is 0.996. The molecule has 26 heavy (non-hydrogen) atoms. The SMILES string of the molecule is Cc1ccc(-c2ncc(N3CCCCC3)nc2-c2ccc(C)cc2)cc1. The zero-order valence-corrected chi connectivity index (χ0v) is 15.6. The summed E-state index contributed by atoms with van der Waals surface area (Å²) in [6, 6.07) is 17.1. The van der Waals surface area contributed by atoms with E-state index in [0.29, 0.717) is 0 Å². The topological polar surface area (TPSA) is 29.0 Å². The monoisotopic (exact) mass is 343 g/mol. The molecule has 0 N–H and O–H groups in total. The van der Waals surface area contributed by atoms with Crippen molar-refractivity contribution in [3.63, 3.8) is 0 Å². The van der Waals surface area contributed by atoms with Crippen LogP contribution in [0.15, 0.2) is 54.7 Å². The maximum atomic E-state index is 5.06. The van der Waals surface area contributed by atoms with Crippen LogP contribution in [0.5, 0.6) is 0 Å². The van der Waals surface area contributed by atoms with E-state index in [1.165, 1.54) is 30.4 Å². The minimum Gasteiger partial charge on any atom is -0.355 e. The van der Waals surface area contributed by atoms with Gasteiger partial charge in [0.05, 0.1) is 17.6 Å². The standard InChI is InChI=1S/C23H25N3/c1-17-6-10-19(11-7-17)22-23(20-12-8-18(2)9-13-20)25-21(16-24-22)26-14-4-3-5-15-26/h6-13,16H,3-5,14-15H2,1-2H3. The molecule has 1 saturated heterocycles. The van der Waals surface area contributed by atoms with Crippen LogP contribution in [0.4, 0.5) is 5.82 Å². The largest absolute Gasteiger partial charge is 0.355 e. The number of aryl methyl sites for hydroxylation is 2. The van der Waals surface area contributed by atoms with Crippen molar-refractivity contribution in [1.82, 2.24) is 9.97 Å². The van der Waals surface area contributed by atoms with Crippen molar-refractivity contribution in [3.05, 3.63) is 65.9 Å². The van der Waals surface area contributed by atoms with Gasteiger partial charge in [0.1, 0.15) is 5.82 Å². The highest BCUT2D eigenvalue weighted by atomic mass is 15.2. The first kappa shape index (κ1) is 16.8. The number of benzene rings is 2. The average molecular weight is 343 g/mol. The van der Waals surface area contributed by atoms with Crippen LogP contribution in [-0.2, 0) is 0 Å². The maximum Gasteiger partial charge on any atom is 0.147 e. The first-order chi connectivity index (χ1) is 12.7. The Labute approximate surface area is 155 Å². The third kappa shape index (κ3) is 3.48. The van der Waals surface area contributed by atoms with Gasteiger partial charge in [0, 0.05) is 24.2 Å². The Morgan fingerprint density at radius 3 is 1.81 bits per heavy atom. The molecule has 0 bridgehead atoms. The number of rotatable bonds is 3. The Morgan fingerprint density at radius 1 is 0.692 bits per heavy atom. The molecule has 1 aliphatic rings. The third-order valence-corrected chi connectivity index (χ3v) is 5.09. The molecule has 1 aliphatic heterocycles. The lowest BCUT2D eigenvalue weighted by Crippen LogP contribution is -2.30.